The Hall–Kier alpha value is -1.67. The van der Waals surface area contributed by atoms with E-state index < -0.39 is 6.03 Å². The van der Waals surface area contributed by atoms with E-state index in [0.717, 1.165) is 26.1 Å². The van der Waals surface area contributed by atoms with E-state index >= 15 is 0 Å². The maximum Gasteiger partial charge on any atom is 0.321 e. The fourth-order valence-corrected chi connectivity index (χ4v) is 3.14. The highest BCUT2D eigenvalue weighted by Crippen LogP contribution is 2.22. The van der Waals surface area contributed by atoms with E-state index in [1.807, 2.05) is 6.92 Å². The second-order valence-electron chi connectivity index (χ2n) is 6.66. The average Bonchev–Trinajstić information content (AvgIpc) is 2.62. The van der Waals surface area contributed by atoms with Crippen LogP contribution in [0.1, 0.15) is 31.0 Å². The van der Waals surface area contributed by atoms with Crippen molar-refractivity contribution in [1.82, 2.24) is 20.9 Å². The zero-order valence-electron chi connectivity index (χ0n) is 16.3. The first-order valence-electron chi connectivity index (χ1n) is 9.16. The lowest BCUT2D eigenvalue weighted by Gasteiger charge is -2.36. The number of carbonyl (C=O) groups excluding carboxylic acids is 2. The van der Waals surface area contributed by atoms with Gasteiger partial charge < -0.3 is 15.4 Å². The van der Waals surface area contributed by atoms with Crippen LogP contribution in [0, 0.1) is 0 Å². The largest absolute Gasteiger partial charge is 0.383 e. The molecule has 0 saturated carbocycles. The summed E-state index contributed by atoms with van der Waals surface area (Å²) in [5, 5.41) is 8.46. The van der Waals surface area contributed by atoms with E-state index in [9.17, 15) is 9.59 Å². The molecule has 2 atom stereocenters. The monoisotopic (exact) mass is 398 g/mol. The summed E-state index contributed by atoms with van der Waals surface area (Å²) in [5.74, 6) is -0.302. The zero-order valence-corrected chi connectivity index (χ0v) is 17.1. The minimum atomic E-state index is -0.487. The first-order chi connectivity index (χ1) is 12.5. The lowest BCUT2D eigenvalue weighted by molar-refractivity contribution is -0.122. The van der Waals surface area contributed by atoms with Gasteiger partial charge in [-0.1, -0.05) is 31.2 Å². The molecule has 7 nitrogen and oxygen atoms in total. The Balaban J connectivity index is 0.00000364. The smallest absolute Gasteiger partial charge is 0.321 e. The van der Waals surface area contributed by atoms with Crippen LogP contribution < -0.4 is 16.0 Å². The molecule has 1 heterocycles. The van der Waals surface area contributed by atoms with Gasteiger partial charge in [-0.2, -0.15) is 0 Å². The number of nitrogens with one attached hydrogen (secondary N) is 3. The number of ether oxygens (including phenoxy) is 1. The topological polar surface area (TPSA) is 82.7 Å². The van der Waals surface area contributed by atoms with Gasteiger partial charge >= 0.3 is 6.03 Å². The number of carbonyl (C=O) groups is 2. The van der Waals surface area contributed by atoms with Crippen molar-refractivity contribution in [1.29, 1.82) is 0 Å². The SMILES string of the molecule is CCc1ccc(C2CNCCN2CC(=O)NC(=O)NC(C)COC)cc1.Cl. The molecule has 8 heteroatoms. The number of hydrogen-bond donors (Lipinski definition) is 3. The molecule has 1 aromatic rings. The van der Waals surface area contributed by atoms with Crippen molar-refractivity contribution in [3.8, 4) is 0 Å². The van der Waals surface area contributed by atoms with Gasteiger partial charge in [0.05, 0.1) is 19.2 Å². The minimum Gasteiger partial charge on any atom is -0.383 e. The van der Waals surface area contributed by atoms with Gasteiger partial charge in [-0.3, -0.25) is 15.0 Å². The van der Waals surface area contributed by atoms with Crippen LogP contribution in [-0.4, -0.2) is 62.8 Å². The summed E-state index contributed by atoms with van der Waals surface area (Å²) < 4.78 is 4.97. The number of halogens is 1. The van der Waals surface area contributed by atoms with Crippen LogP contribution in [0.15, 0.2) is 24.3 Å². The van der Waals surface area contributed by atoms with Gasteiger partial charge in [-0.25, -0.2) is 4.79 Å². The number of piperazine rings is 1. The molecular formula is C19H31ClN4O3. The van der Waals surface area contributed by atoms with Crippen molar-refractivity contribution in [2.75, 3.05) is 39.9 Å². The Morgan fingerprint density at radius 2 is 2.04 bits per heavy atom. The average molecular weight is 399 g/mol. The molecule has 0 spiro atoms. The molecule has 0 bridgehead atoms. The highest BCUT2D eigenvalue weighted by Gasteiger charge is 2.26. The molecule has 3 N–H and O–H groups in total. The van der Waals surface area contributed by atoms with Crippen LogP contribution in [-0.2, 0) is 16.0 Å². The molecule has 1 aliphatic rings. The Kier molecular flexibility index (Phi) is 10.3. The van der Waals surface area contributed by atoms with E-state index in [-0.39, 0.29) is 36.9 Å². The molecule has 2 rings (SSSR count). The molecule has 1 aromatic carbocycles. The number of hydrogen-bond acceptors (Lipinski definition) is 5. The number of amides is 3. The van der Waals surface area contributed by atoms with E-state index in [4.69, 9.17) is 4.74 Å². The van der Waals surface area contributed by atoms with Crippen molar-refractivity contribution in [2.45, 2.75) is 32.4 Å². The third kappa shape index (κ3) is 7.46. The first-order valence-corrected chi connectivity index (χ1v) is 9.16. The standard InChI is InChI=1S/C19H30N4O3.ClH/c1-4-15-5-7-16(8-6-15)17-11-20-9-10-23(17)12-18(24)22-19(25)21-14(2)13-26-3;/h5-8,14,17,20H,4,9-13H2,1-3H3,(H2,21,22,24,25);1H. The van der Waals surface area contributed by atoms with Crippen LogP contribution in [0.25, 0.3) is 0 Å². The Morgan fingerprint density at radius 1 is 1.33 bits per heavy atom. The number of imide groups is 1. The van der Waals surface area contributed by atoms with Crippen molar-refractivity contribution < 1.29 is 14.3 Å². The summed E-state index contributed by atoms with van der Waals surface area (Å²) >= 11 is 0. The molecular weight excluding hydrogens is 368 g/mol. The van der Waals surface area contributed by atoms with Crippen LogP contribution in [0.3, 0.4) is 0 Å². The lowest BCUT2D eigenvalue weighted by atomic mass is 10.0. The molecule has 0 aliphatic carbocycles. The number of benzene rings is 1. The maximum absolute atomic E-state index is 12.3. The van der Waals surface area contributed by atoms with Crippen LogP contribution in [0.5, 0.6) is 0 Å². The van der Waals surface area contributed by atoms with E-state index in [1.165, 1.54) is 11.1 Å². The quantitative estimate of drug-likeness (QED) is 0.648. The normalized spacial score (nSPS) is 18.3. The van der Waals surface area contributed by atoms with Crippen molar-refractivity contribution in [3.05, 3.63) is 35.4 Å². The van der Waals surface area contributed by atoms with E-state index in [0.29, 0.717) is 6.61 Å². The summed E-state index contributed by atoms with van der Waals surface area (Å²) in [6.45, 7) is 6.91. The number of methoxy groups -OCH3 is 1. The first kappa shape index (κ1) is 23.4. The molecule has 152 valence electrons. The highest BCUT2D eigenvalue weighted by atomic mass is 35.5. The van der Waals surface area contributed by atoms with Crippen molar-refractivity contribution in [2.24, 2.45) is 0 Å². The third-order valence-electron chi connectivity index (χ3n) is 4.52. The summed E-state index contributed by atoms with van der Waals surface area (Å²) in [6.07, 6.45) is 1.01. The second-order valence-corrected chi connectivity index (χ2v) is 6.66. The van der Waals surface area contributed by atoms with Crippen molar-refractivity contribution >= 4 is 24.3 Å². The van der Waals surface area contributed by atoms with Gasteiger partial charge in [0.2, 0.25) is 5.91 Å². The minimum absolute atomic E-state index is 0. The highest BCUT2D eigenvalue weighted by molar-refractivity contribution is 5.95. The molecule has 1 saturated heterocycles. The number of nitrogens with zero attached hydrogens (tertiary/aromatic N) is 1. The third-order valence-corrected chi connectivity index (χ3v) is 4.52. The van der Waals surface area contributed by atoms with Crippen LogP contribution in [0.4, 0.5) is 4.79 Å². The van der Waals surface area contributed by atoms with Crippen LogP contribution >= 0.6 is 12.4 Å². The molecule has 27 heavy (non-hydrogen) atoms. The zero-order chi connectivity index (χ0) is 18.9. The van der Waals surface area contributed by atoms with Gasteiger partial charge in [0.15, 0.2) is 0 Å². The van der Waals surface area contributed by atoms with E-state index in [1.54, 1.807) is 7.11 Å². The maximum atomic E-state index is 12.3. The van der Waals surface area contributed by atoms with Crippen LogP contribution in [0.2, 0.25) is 0 Å². The molecule has 1 aliphatic heterocycles. The van der Waals surface area contributed by atoms with Gasteiger partial charge in [-0.15, -0.1) is 12.4 Å². The lowest BCUT2D eigenvalue weighted by Crippen LogP contribution is -2.52. The molecule has 3 amide bonds. The van der Waals surface area contributed by atoms with Gasteiger partial charge in [0.25, 0.3) is 0 Å². The molecule has 1 fully saturated rings. The molecule has 0 radical (unpaired) electrons. The molecule has 0 aromatic heterocycles. The Labute approximate surface area is 167 Å². The fourth-order valence-electron chi connectivity index (χ4n) is 3.14. The van der Waals surface area contributed by atoms with Gasteiger partial charge in [-0.05, 0) is 24.5 Å². The predicted molar refractivity (Wildman–Crippen MR) is 108 cm³/mol. The summed E-state index contributed by atoms with van der Waals surface area (Å²) in [6, 6.07) is 7.99. The van der Waals surface area contributed by atoms with Gasteiger partial charge in [0, 0.05) is 32.8 Å². The second kappa shape index (κ2) is 11.9. The van der Waals surface area contributed by atoms with E-state index in [2.05, 4.69) is 52.0 Å². The Morgan fingerprint density at radius 3 is 2.67 bits per heavy atom. The predicted octanol–water partition coefficient (Wildman–Crippen LogP) is 1.48. The number of aryl methyl sites for hydroxylation is 1. The number of rotatable bonds is 7. The van der Waals surface area contributed by atoms with Gasteiger partial charge in [0.1, 0.15) is 0 Å². The number of urea groups is 1. The molecule has 2 unspecified atom stereocenters. The van der Waals surface area contributed by atoms with Crippen molar-refractivity contribution in [3.63, 3.8) is 0 Å². The summed E-state index contributed by atoms with van der Waals surface area (Å²) in [4.78, 5) is 26.3. The Bertz CT molecular complexity index is 597. The summed E-state index contributed by atoms with van der Waals surface area (Å²) in [5.41, 5.74) is 2.48. The fraction of sp³-hybridized carbons (Fsp3) is 0.579. The summed E-state index contributed by atoms with van der Waals surface area (Å²) in [7, 11) is 1.57.